The summed E-state index contributed by atoms with van der Waals surface area (Å²) in [6, 6.07) is 14.2. The first-order valence-electron chi connectivity index (χ1n) is 9.47. The molecule has 0 aromatic heterocycles. The first kappa shape index (κ1) is 23.2. The lowest BCUT2D eigenvalue weighted by atomic mass is 10.1. The summed E-state index contributed by atoms with van der Waals surface area (Å²) in [6.45, 7) is 5.41. The van der Waals surface area contributed by atoms with Crippen LogP contribution in [0, 0.1) is 0 Å². The zero-order valence-electron chi connectivity index (χ0n) is 17.3. The Labute approximate surface area is 181 Å². The Hall–Kier alpha value is -3.06. The summed E-state index contributed by atoms with van der Waals surface area (Å²) in [5.74, 6) is -0.465. The first-order valence-corrected chi connectivity index (χ1v) is 9.85. The minimum absolute atomic E-state index is 0.0945. The molecule has 8 heteroatoms. The quantitative estimate of drug-likeness (QED) is 0.623. The topological polar surface area (TPSA) is 96.5 Å². The summed E-state index contributed by atoms with van der Waals surface area (Å²) < 4.78 is 5.07. The van der Waals surface area contributed by atoms with Crippen molar-refractivity contribution in [3.05, 3.63) is 64.7 Å². The Balaban J connectivity index is 1.73. The molecular formula is C22H26ClN3O4. The Morgan fingerprint density at radius 3 is 2.07 bits per heavy atom. The van der Waals surface area contributed by atoms with Gasteiger partial charge in [0.2, 0.25) is 11.8 Å². The van der Waals surface area contributed by atoms with Crippen LogP contribution < -0.4 is 16.0 Å². The third-order valence-electron chi connectivity index (χ3n) is 3.80. The van der Waals surface area contributed by atoms with Crippen molar-refractivity contribution in [1.29, 1.82) is 0 Å². The maximum atomic E-state index is 12.1. The van der Waals surface area contributed by atoms with Crippen molar-refractivity contribution in [3.63, 3.8) is 0 Å². The number of carbonyl (C=O) groups is 3. The second kappa shape index (κ2) is 10.6. The zero-order chi connectivity index (χ0) is 22.1. The summed E-state index contributed by atoms with van der Waals surface area (Å²) >= 11 is 5.84. The maximum absolute atomic E-state index is 12.1. The highest BCUT2D eigenvalue weighted by molar-refractivity contribution is 6.30. The van der Waals surface area contributed by atoms with Gasteiger partial charge >= 0.3 is 6.09 Å². The summed E-state index contributed by atoms with van der Waals surface area (Å²) in [5, 5.41) is 8.56. The molecule has 0 atom stereocenters. The van der Waals surface area contributed by atoms with E-state index in [4.69, 9.17) is 16.3 Å². The lowest BCUT2D eigenvalue weighted by Gasteiger charge is -2.19. The molecule has 0 aliphatic carbocycles. The SMILES string of the molecule is CC(C)(C)OC(=O)NCC(=O)Nc1ccc(CNC(=O)Cc2ccc(Cl)cc2)cc1. The van der Waals surface area contributed by atoms with E-state index in [2.05, 4.69) is 16.0 Å². The number of ether oxygens (including phenoxy) is 1. The Morgan fingerprint density at radius 2 is 1.47 bits per heavy atom. The number of hydrogen-bond donors (Lipinski definition) is 3. The van der Waals surface area contributed by atoms with Gasteiger partial charge in [-0.2, -0.15) is 0 Å². The number of nitrogens with one attached hydrogen (secondary N) is 3. The van der Waals surface area contributed by atoms with Crippen LogP contribution in [0.1, 0.15) is 31.9 Å². The Bertz CT molecular complexity index is 875. The molecule has 0 fully saturated rings. The van der Waals surface area contributed by atoms with Crippen LogP contribution in [-0.2, 0) is 27.3 Å². The van der Waals surface area contributed by atoms with Crippen molar-refractivity contribution in [3.8, 4) is 0 Å². The van der Waals surface area contributed by atoms with Crippen molar-refractivity contribution < 1.29 is 19.1 Å². The molecule has 2 aromatic carbocycles. The van der Waals surface area contributed by atoms with Crippen LogP contribution in [0.25, 0.3) is 0 Å². The fourth-order valence-corrected chi connectivity index (χ4v) is 2.55. The monoisotopic (exact) mass is 431 g/mol. The largest absolute Gasteiger partial charge is 0.444 e. The fraction of sp³-hybridized carbons (Fsp3) is 0.318. The molecule has 0 heterocycles. The molecule has 3 amide bonds. The molecule has 0 saturated heterocycles. The minimum atomic E-state index is -0.651. The summed E-state index contributed by atoms with van der Waals surface area (Å²) in [5.41, 5.74) is 1.74. The van der Waals surface area contributed by atoms with Crippen molar-refractivity contribution in [2.75, 3.05) is 11.9 Å². The van der Waals surface area contributed by atoms with Crippen molar-refractivity contribution in [2.24, 2.45) is 0 Å². The van der Waals surface area contributed by atoms with Gasteiger partial charge in [0.05, 0.1) is 6.42 Å². The van der Waals surface area contributed by atoms with E-state index < -0.39 is 11.7 Å². The Morgan fingerprint density at radius 1 is 0.867 bits per heavy atom. The highest BCUT2D eigenvalue weighted by Gasteiger charge is 2.16. The molecule has 7 nitrogen and oxygen atoms in total. The summed E-state index contributed by atoms with van der Waals surface area (Å²) in [7, 11) is 0. The fourth-order valence-electron chi connectivity index (χ4n) is 2.43. The lowest BCUT2D eigenvalue weighted by Crippen LogP contribution is -2.37. The molecule has 0 aliphatic heterocycles. The molecule has 2 aromatic rings. The van der Waals surface area contributed by atoms with Gasteiger partial charge < -0.3 is 20.7 Å². The second-order valence-electron chi connectivity index (χ2n) is 7.68. The number of carbonyl (C=O) groups excluding carboxylic acids is 3. The molecule has 160 valence electrons. The predicted molar refractivity (Wildman–Crippen MR) is 116 cm³/mol. The number of hydrogen-bond acceptors (Lipinski definition) is 4. The van der Waals surface area contributed by atoms with Crippen molar-refractivity contribution in [2.45, 2.75) is 39.3 Å². The van der Waals surface area contributed by atoms with Gasteiger partial charge in [-0.05, 0) is 56.2 Å². The second-order valence-corrected chi connectivity index (χ2v) is 8.12. The van der Waals surface area contributed by atoms with Crippen molar-refractivity contribution >= 4 is 35.2 Å². The van der Waals surface area contributed by atoms with Gasteiger partial charge in [0.25, 0.3) is 0 Å². The molecular weight excluding hydrogens is 406 g/mol. The first-order chi connectivity index (χ1) is 14.1. The van der Waals surface area contributed by atoms with E-state index in [1.54, 1.807) is 57.2 Å². The third-order valence-corrected chi connectivity index (χ3v) is 4.05. The molecule has 3 N–H and O–H groups in total. The Kier molecular flexibility index (Phi) is 8.24. The van der Waals surface area contributed by atoms with Crippen LogP contribution in [0.15, 0.2) is 48.5 Å². The average Bonchev–Trinajstić information content (AvgIpc) is 2.66. The van der Waals surface area contributed by atoms with E-state index >= 15 is 0 Å². The van der Waals surface area contributed by atoms with E-state index in [-0.39, 0.29) is 24.8 Å². The molecule has 0 unspecified atom stereocenters. The molecule has 0 saturated carbocycles. The van der Waals surface area contributed by atoms with E-state index in [9.17, 15) is 14.4 Å². The van der Waals surface area contributed by atoms with Crippen molar-refractivity contribution in [1.82, 2.24) is 10.6 Å². The number of amides is 3. The molecule has 0 aliphatic rings. The van der Waals surface area contributed by atoms with E-state index in [0.29, 0.717) is 17.3 Å². The van der Waals surface area contributed by atoms with Crippen LogP contribution in [0.4, 0.5) is 10.5 Å². The van der Waals surface area contributed by atoms with Crippen LogP contribution in [0.2, 0.25) is 5.02 Å². The van der Waals surface area contributed by atoms with Gasteiger partial charge in [0, 0.05) is 17.3 Å². The van der Waals surface area contributed by atoms with Gasteiger partial charge in [0.15, 0.2) is 0 Å². The molecule has 0 radical (unpaired) electrons. The van der Waals surface area contributed by atoms with E-state index in [1.165, 1.54) is 0 Å². The van der Waals surface area contributed by atoms with Gasteiger partial charge in [-0.15, -0.1) is 0 Å². The highest BCUT2D eigenvalue weighted by Crippen LogP contribution is 2.11. The van der Waals surface area contributed by atoms with Gasteiger partial charge in [-0.25, -0.2) is 4.79 Å². The normalized spacial score (nSPS) is 10.8. The number of alkyl carbamates (subject to hydrolysis) is 1. The smallest absolute Gasteiger partial charge is 0.408 e. The number of halogens is 1. The van der Waals surface area contributed by atoms with Crippen LogP contribution >= 0.6 is 11.6 Å². The van der Waals surface area contributed by atoms with Gasteiger partial charge in [-0.3, -0.25) is 9.59 Å². The van der Waals surface area contributed by atoms with Crippen LogP contribution in [0.5, 0.6) is 0 Å². The molecule has 2 rings (SSSR count). The number of benzene rings is 2. The average molecular weight is 432 g/mol. The maximum Gasteiger partial charge on any atom is 0.408 e. The molecule has 0 bridgehead atoms. The lowest BCUT2D eigenvalue weighted by molar-refractivity contribution is -0.120. The van der Waals surface area contributed by atoms with Gasteiger partial charge in [-0.1, -0.05) is 35.9 Å². The van der Waals surface area contributed by atoms with Gasteiger partial charge in [0.1, 0.15) is 12.1 Å². The van der Waals surface area contributed by atoms with Crippen LogP contribution in [0.3, 0.4) is 0 Å². The third kappa shape index (κ3) is 8.96. The summed E-state index contributed by atoms with van der Waals surface area (Å²) in [6.07, 6.45) is -0.377. The number of anilines is 1. The summed E-state index contributed by atoms with van der Waals surface area (Å²) in [4.78, 5) is 35.5. The molecule has 30 heavy (non-hydrogen) atoms. The predicted octanol–water partition coefficient (Wildman–Crippen LogP) is 3.66. The van der Waals surface area contributed by atoms with Crippen LogP contribution in [-0.4, -0.2) is 30.1 Å². The standard InChI is InChI=1S/C22H26ClN3O4/c1-22(2,3)30-21(29)25-14-20(28)26-18-10-6-16(7-11-18)13-24-19(27)12-15-4-8-17(23)9-5-15/h4-11H,12-14H2,1-3H3,(H,24,27)(H,25,29)(H,26,28). The zero-order valence-corrected chi connectivity index (χ0v) is 18.0. The minimum Gasteiger partial charge on any atom is -0.444 e. The number of rotatable bonds is 7. The highest BCUT2D eigenvalue weighted by atomic mass is 35.5. The molecule has 0 spiro atoms. The van der Waals surface area contributed by atoms with E-state index in [0.717, 1.165) is 11.1 Å². The van der Waals surface area contributed by atoms with E-state index in [1.807, 2.05) is 12.1 Å².